The molecule has 2 nitrogen and oxygen atoms in total. The normalized spacial score (nSPS) is 17.9. The molecule has 7 heteroatoms. The van der Waals surface area contributed by atoms with Crippen molar-refractivity contribution in [1.82, 2.24) is 0 Å². The standard InChI is InChI=1S/C17H28O2S4Se/c1-14(2)16(18)20-8-10-22-24(12-6-5-7-13-24)23-11-9-21-17(19)15(3)4/h1,3,5-13H2,2,4H3. The summed E-state index contributed by atoms with van der Waals surface area (Å²) in [5.41, 5.74) is 1.29. The van der Waals surface area contributed by atoms with Gasteiger partial charge in [-0.25, -0.2) is 0 Å². The first-order valence-corrected chi connectivity index (χ1v) is 18.5. The second kappa shape index (κ2) is 12.2. The third-order valence-corrected chi connectivity index (χ3v) is 25.3. The second-order valence-corrected chi connectivity index (χ2v) is 24.6. The van der Waals surface area contributed by atoms with Crippen LogP contribution < -0.4 is 0 Å². The minimum absolute atomic E-state index is 0.124. The fourth-order valence-electron chi connectivity index (χ4n) is 2.08. The Kier molecular flexibility index (Phi) is 11.6. The van der Waals surface area contributed by atoms with Crippen molar-refractivity contribution in [3.63, 3.8) is 0 Å². The van der Waals surface area contributed by atoms with Gasteiger partial charge in [-0.1, -0.05) is 0 Å². The zero-order valence-electron chi connectivity index (χ0n) is 14.6. The summed E-state index contributed by atoms with van der Waals surface area (Å²) in [5, 5.41) is 3.03. The summed E-state index contributed by atoms with van der Waals surface area (Å²) in [4.78, 5) is 23.2. The van der Waals surface area contributed by atoms with Crippen molar-refractivity contribution in [1.29, 1.82) is 0 Å². The number of carbonyl (C=O) groups excluding carboxylic acids is 2. The molecule has 1 rings (SSSR count). The van der Waals surface area contributed by atoms with E-state index in [1.807, 2.05) is 0 Å². The fourth-order valence-corrected chi connectivity index (χ4v) is 23.9. The predicted molar refractivity (Wildman–Crippen MR) is 119 cm³/mol. The molecule has 1 fully saturated rings. The van der Waals surface area contributed by atoms with E-state index in [-0.39, 0.29) is 10.2 Å². The monoisotopic (exact) mass is 472 g/mol. The van der Waals surface area contributed by atoms with Gasteiger partial charge < -0.3 is 0 Å². The molecule has 0 spiro atoms. The van der Waals surface area contributed by atoms with Crippen LogP contribution in [0.3, 0.4) is 0 Å². The average molecular weight is 472 g/mol. The van der Waals surface area contributed by atoms with Crippen molar-refractivity contribution in [2.45, 2.75) is 43.7 Å². The maximum atomic E-state index is 11.6. The topological polar surface area (TPSA) is 34.1 Å². The van der Waals surface area contributed by atoms with Crippen LogP contribution in [0, 0.1) is 0 Å². The molecule has 0 aromatic heterocycles. The van der Waals surface area contributed by atoms with Crippen LogP contribution in [0.1, 0.15) is 33.1 Å². The summed E-state index contributed by atoms with van der Waals surface area (Å²) in [5.74, 6) is 3.90. The molecule has 0 saturated carbocycles. The Bertz CT molecular complexity index is 437. The zero-order valence-corrected chi connectivity index (χ0v) is 19.6. The maximum absolute atomic E-state index is 11.6. The van der Waals surface area contributed by atoms with E-state index in [0.717, 1.165) is 23.0 Å². The second-order valence-electron chi connectivity index (χ2n) is 5.69. The van der Waals surface area contributed by atoms with Crippen molar-refractivity contribution in [2.24, 2.45) is 0 Å². The van der Waals surface area contributed by atoms with Gasteiger partial charge in [-0.05, 0) is 0 Å². The number of hydrogen-bond donors (Lipinski definition) is 0. The van der Waals surface area contributed by atoms with Gasteiger partial charge in [0.15, 0.2) is 0 Å². The molecular weight excluding hydrogens is 443 g/mol. The van der Waals surface area contributed by atoms with Crippen LogP contribution in [-0.4, -0.2) is 43.8 Å². The van der Waals surface area contributed by atoms with Crippen molar-refractivity contribution in [3.05, 3.63) is 24.3 Å². The van der Waals surface area contributed by atoms with Gasteiger partial charge >= 0.3 is 165 Å². The Hall–Kier alpha value is 0.739. The Balaban J connectivity index is 2.36. The van der Waals surface area contributed by atoms with Gasteiger partial charge in [-0.2, -0.15) is 0 Å². The Morgan fingerprint density at radius 1 is 0.792 bits per heavy atom. The summed E-state index contributed by atoms with van der Waals surface area (Å²) >= 11 is 2.81. The summed E-state index contributed by atoms with van der Waals surface area (Å²) in [6.45, 7) is 11.0. The van der Waals surface area contributed by atoms with Gasteiger partial charge in [-0.15, -0.1) is 0 Å². The molecule has 24 heavy (non-hydrogen) atoms. The molecule has 0 unspecified atom stereocenters. The molecule has 1 aliphatic rings. The molecule has 0 aromatic carbocycles. The number of carbonyl (C=O) groups is 2. The van der Waals surface area contributed by atoms with E-state index < -0.39 is 10.6 Å². The Labute approximate surface area is 164 Å². The van der Waals surface area contributed by atoms with Crippen molar-refractivity contribution in [2.75, 3.05) is 23.0 Å². The molecule has 0 N–H and O–H groups in total. The molecule has 0 amide bonds. The van der Waals surface area contributed by atoms with E-state index in [0.29, 0.717) is 11.1 Å². The predicted octanol–water partition coefficient (Wildman–Crippen LogP) is 5.75. The quantitative estimate of drug-likeness (QED) is 0.229. The van der Waals surface area contributed by atoms with E-state index in [4.69, 9.17) is 0 Å². The molecule has 138 valence electrons. The van der Waals surface area contributed by atoms with Crippen LogP contribution in [0.2, 0.25) is 10.6 Å². The minimum atomic E-state index is -1.54. The third-order valence-electron chi connectivity index (χ3n) is 3.34. The van der Waals surface area contributed by atoms with Crippen molar-refractivity contribution < 1.29 is 9.59 Å². The van der Waals surface area contributed by atoms with E-state index in [2.05, 4.69) is 33.5 Å². The fraction of sp³-hybridized carbons (Fsp3) is 0.647. The first-order valence-electron chi connectivity index (χ1n) is 8.09. The summed E-state index contributed by atoms with van der Waals surface area (Å²) in [6, 6.07) is 0. The van der Waals surface area contributed by atoms with E-state index in [9.17, 15) is 9.59 Å². The van der Waals surface area contributed by atoms with Crippen LogP contribution in [0.25, 0.3) is 0 Å². The molecule has 1 saturated heterocycles. The van der Waals surface area contributed by atoms with Crippen LogP contribution in [0.4, 0.5) is 0 Å². The summed E-state index contributed by atoms with van der Waals surface area (Å²) in [7, 11) is 2.79. The zero-order chi connectivity index (χ0) is 18.0. The molecule has 0 aliphatic carbocycles. The SMILES string of the molecule is C=C(C)C(=O)SCCS[Se]1(SCCSC(=O)C(=C)C)CCCCC1. The van der Waals surface area contributed by atoms with Gasteiger partial charge in [0.1, 0.15) is 0 Å². The molecule has 0 radical (unpaired) electrons. The molecule has 0 atom stereocenters. The number of thioether (sulfide) groups is 2. The van der Waals surface area contributed by atoms with Crippen LogP contribution in [-0.2, 0) is 9.59 Å². The van der Waals surface area contributed by atoms with Crippen molar-refractivity contribution in [3.8, 4) is 0 Å². The molecule has 0 bridgehead atoms. The Morgan fingerprint density at radius 3 is 1.58 bits per heavy atom. The van der Waals surface area contributed by atoms with Gasteiger partial charge in [0.25, 0.3) is 0 Å². The van der Waals surface area contributed by atoms with Gasteiger partial charge in [0, 0.05) is 0 Å². The number of hydrogen-bond acceptors (Lipinski definition) is 6. The molecule has 0 aromatic rings. The number of rotatable bonds is 10. The third kappa shape index (κ3) is 8.90. The molecular formula is C17H28O2S4Se. The van der Waals surface area contributed by atoms with Crippen molar-refractivity contribution >= 4 is 64.7 Å². The van der Waals surface area contributed by atoms with Crippen LogP contribution in [0.5, 0.6) is 0 Å². The molecule has 1 aliphatic heterocycles. The molecule has 1 heterocycles. The summed E-state index contributed by atoms with van der Waals surface area (Å²) in [6.07, 6.45) is 4.08. The summed E-state index contributed by atoms with van der Waals surface area (Å²) < 4.78 is 0. The Morgan fingerprint density at radius 2 is 1.21 bits per heavy atom. The van der Waals surface area contributed by atoms with Gasteiger partial charge in [0.05, 0.1) is 0 Å². The van der Waals surface area contributed by atoms with E-state index >= 15 is 0 Å². The first-order chi connectivity index (χ1) is 11.4. The van der Waals surface area contributed by atoms with Gasteiger partial charge in [0.2, 0.25) is 0 Å². The van der Waals surface area contributed by atoms with Crippen LogP contribution >= 0.6 is 43.9 Å². The van der Waals surface area contributed by atoms with E-state index in [1.165, 1.54) is 53.4 Å². The van der Waals surface area contributed by atoms with E-state index in [1.54, 1.807) is 13.8 Å². The van der Waals surface area contributed by atoms with Crippen LogP contribution in [0.15, 0.2) is 24.3 Å². The van der Waals surface area contributed by atoms with Gasteiger partial charge in [-0.3, -0.25) is 0 Å². The average Bonchev–Trinajstić information content (AvgIpc) is 2.56. The first kappa shape index (κ1) is 22.8.